The average Bonchev–Trinajstić information content (AvgIpc) is 3.04. The summed E-state index contributed by atoms with van der Waals surface area (Å²) in [5.41, 5.74) is 0.820. The fraction of sp³-hybridized carbons (Fsp3) is 0.706. The maximum atomic E-state index is 12.6. The molecule has 3 aliphatic rings. The quantitative estimate of drug-likeness (QED) is 0.837. The molecule has 0 aromatic carbocycles. The van der Waals surface area contributed by atoms with Crippen LogP contribution in [0.15, 0.2) is 16.8 Å². The minimum Gasteiger partial charge on any atom is -0.378 e. The fourth-order valence-electron chi connectivity index (χ4n) is 3.58. The predicted octanol–water partition coefficient (Wildman–Crippen LogP) is 2.94. The van der Waals surface area contributed by atoms with E-state index in [1.165, 1.54) is 12.8 Å². The number of nitrogens with zero attached hydrogens (tertiary/aromatic N) is 1. The van der Waals surface area contributed by atoms with Crippen LogP contribution >= 0.6 is 11.3 Å². The van der Waals surface area contributed by atoms with Crippen LogP contribution in [0.4, 0.5) is 0 Å². The number of carbonyl (C=O) groups is 1. The van der Waals surface area contributed by atoms with E-state index >= 15 is 0 Å². The van der Waals surface area contributed by atoms with E-state index in [0.29, 0.717) is 0 Å². The van der Waals surface area contributed by atoms with E-state index < -0.39 is 0 Å². The largest absolute Gasteiger partial charge is 0.378 e. The minimum absolute atomic E-state index is 0.167. The molecule has 0 bridgehead atoms. The lowest BCUT2D eigenvalue weighted by molar-refractivity contribution is -0.0972. The predicted molar refractivity (Wildman–Crippen MR) is 85.2 cm³/mol. The summed E-state index contributed by atoms with van der Waals surface area (Å²) < 4.78 is 12.0. The van der Waals surface area contributed by atoms with Gasteiger partial charge in [0.1, 0.15) is 0 Å². The van der Waals surface area contributed by atoms with Gasteiger partial charge < -0.3 is 14.4 Å². The summed E-state index contributed by atoms with van der Waals surface area (Å²) in [6, 6.07) is 2.17. The highest BCUT2D eigenvalue weighted by Crippen LogP contribution is 2.33. The zero-order chi connectivity index (χ0) is 14.9. The Morgan fingerprint density at radius 1 is 1.27 bits per heavy atom. The van der Waals surface area contributed by atoms with Crippen LogP contribution in [0.3, 0.4) is 0 Å². The van der Waals surface area contributed by atoms with Gasteiger partial charge in [-0.2, -0.15) is 11.3 Å². The van der Waals surface area contributed by atoms with Crippen molar-refractivity contribution in [3.05, 3.63) is 22.4 Å². The van der Waals surface area contributed by atoms with Crippen LogP contribution in [-0.2, 0) is 9.47 Å². The van der Waals surface area contributed by atoms with Crippen LogP contribution < -0.4 is 0 Å². The number of amides is 1. The zero-order valence-corrected chi connectivity index (χ0v) is 13.6. The molecule has 5 heteroatoms. The summed E-state index contributed by atoms with van der Waals surface area (Å²) in [5, 5.41) is 3.90. The maximum absolute atomic E-state index is 12.6. The molecule has 120 valence electrons. The van der Waals surface area contributed by atoms with Gasteiger partial charge in [0.25, 0.3) is 5.91 Å². The molecule has 1 aromatic rings. The summed E-state index contributed by atoms with van der Waals surface area (Å²) in [7, 11) is 0. The molecule has 3 fully saturated rings. The second kappa shape index (κ2) is 6.30. The number of thiophene rings is 1. The number of hydrogen-bond donors (Lipinski definition) is 0. The van der Waals surface area contributed by atoms with Crippen molar-refractivity contribution in [2.45, 2.75) is 50.4 Å². The molecule has 22 heavy (non-hydrogen) atoms. The molecule has 1 saturated carbocycles. The third-order valence-corrected chi connectivity index (χ3v) is 5.70. The van der Waals surface area contributed by atoms with Gasteiger partial charge >= 0.3 is 0 Å². The van der Waals surface area contributed by atoms with Crippen LogP contribution in [-0.4, -0.2) is 48.8 Å². The summed E-state index contributed by atoms with van der Waals surface area (Å²) in [4.78, 5) is 14.6. The number of fused-ring (bicyclic) bond motifs is 1. The summed E-state index contributed by atoms with van der Waals surface area (Å²) in [6.45, 7) is 2.44. The lowest BCUT2D eigenvalue weighted by Crippen LogP contribution is -2.45. The average molecular weight is 321 g/mol. The standard InChI is InChI=1S/C17H23NO3S/c19-17(13-6-8-22-11-13)18-7-5-16-15(18)4-3-14(21-16)10-20-9-12-1-2-12/h6,8,11-12,14-16H,1-5,7,9-10H2/t14-,15-,16-/m0/s1. The number of likely N-dealkylation sites (tertiary alicyclic amines) is 1. The Morgan fingerprint density at radius 3 is 2.95 bits per heavy atom. The molecule has 0 N–H and O–H groups in total. The van der Waals surface area contributed by atoms with Crippen molar-refractivity contribution < 1.29 is 14.3 Å². The molecule has 1 amide bonds. The molecular formula is C17H23NO3S. The highest BCUT2D eigenvalue weighted by Gasteiger charge is 2.42. The molecule has 1 aliphatic carbocycles. The Hall–Kier alpha value is -0.910. The summed E-state index contributed by atoms with van der Waals surface area (Å²) >= 11 is 1.58. The Labute approximate surface area is 135 Å². The van der Waals surface area contributed by atoms with Crippen LogP contribution in [0, 0.1) is 5.92 Å². The fourth-order valence-corrected chi connectivity index (χ4v) is 4.20. The molecule has 2 saturated heterocycles. The van der Waals surface area contributed by atoms with Crippen molar-refractivity contribution in [3.8, 4) is 0 Å². The van der Waals surface area contributed by atoms with Crippen LogP contribution in [0.25, 0.3) is 0 Å². The topological polar surface area (TPSA) is 38.8 Å². The SMILES string of the molecule is O=C(c1ccsc1)N1CC[C@@H]2O[C@H](COCC3CC3)CC[C@@H]21. The van der Waals surface area contributed by atoms with Crippen molar-refractivity contribution in [1.82, 2.24) is 4.90 Å². The molecule has 4 rings (SSSR count). The molecule has 1 aromatic heterocycles. The van der Waals surface area contributed by atoms with Gasteiger partial charge in [-0.1, -0.05) is 0 Å². The lowest BCUT2D eigenvalue weighted by Gasteiger charge is -2.35. The Balaban J connectivity index is 1.30. The number of carbonyl (C=O) groups excluding carboxylic acids is 1. The molecule has 0 unspecified atom stereocenters. The van der Waals surface area contributed by atoms with Crippen molar-refractivity contribution in [2.75, 3.05) is 19.8 Å². The van der Waals surface area contributed by atoms with E-state index in [1.807, 2.05) is 21.7 Å². The number of rotatable bonds is 5. The second-order valence-corrected chi connectivity index (χ2v) is 7.50. The first-order valence-electron chi connectivity index (χ1n) is 8.37. The van der Waals surface area contributed by atoms with Crippen molar-refractivity contribution in [1.29, 1.82) is 0 Å². The van der Waals surface area contributed by atoms with Gasteiger partial charge in [-0.25, -0.2) is 0 Å². The molecule has 0 radical (unpaired) electrons. The smallest absolute Gasteiger partial charge is 0.255 e. The van der Waals surface area contributed by atoms with E-state index in [-0.39, 0.29) is 24.2 Å². The minimum atomic E-state index is 0.167. The normalized spacial score (nSPS) is 31.3. The Kier molecular flexibility index (Phi) is 4.20. The summed E-state index contributed by atoms with van der Waals surface area (Å²) in [6.07, 6.45) is 6.07. The van der Waals surface area contributed by atoms with Crippen molar-refractivity contribution in [2.24, 2.45) is 5.92 Å². The first-order valence-corrected chi connectivity index (χ1v) is 9.32. The lowest BCUT2D eigenvalue weighted by atomic mass is 9.99. The first kappa shape index (κ1) is 14.7. The Bertz CT molecular complexity index is 514. The summed E-state index contributed by atoms with van der Waals surface area (Å²) in [5.74, 6) is 0.974. The first-order chi connectivity index (χ1) is 10.8. The van der Waals surface area contributed by atoms with E-state index in [0.717, 1.165) is 50.5 Å². The van der Waals surface area contributed by atoms with Gasteiger partial charge in [-0.3, -0.25) is 4.79 Å². The van der Waals surface area contributed by atoms with Crippen LogP contribution in [0.5, 0.6) is 0 Å². The monoisotopic (exact) mass is 321 g/mol. The molecule has 2 aliphatic heterocycles. The van der Waals surface area contributed by atoms with Crippen LogP contribution in [0.1, 0.15) is 42.5 Å². The van der Waals surface area contributed by atoms with E-state index in [1.54, 1.807) is 11.3 Å². The van der Waals surface area contributed by atoms with Crippen molar-refractivity contribution in [3.63, 3.8) is 0 Å². The third-order valence-electron chi connectivity index (χ3n) is 5.02. The molecular weight excluding hydrogens is 298 g/mol. The third kappa shape index (κ3) is 3.07. The van der Waals surface area contributed by atoms with Gasteiger partial charge in [0.2, 0.25) is 0 Å². The molecule has 3 atom stereocenters. The van der Waals surface area contributed by atoms with Gasteiger partial charge in [0, 0.05) is 18.5 Å². The van der Waals surface area contributed by atoms with Crippen molar-refractivity contribution >= 4 is 17.2 Å². The van der Waals surface area contributed by atoms with E-state index in [4.69, 9.17) is 9.47 Å². The van der Waals surface area contributed by atoms with E-state index in [9.17, 15) is 4.79 Å². The molecule has 4 nitrogen and oxygen atoms in total. The Morgan fingerprint density at radius 2 is 2.18 bits per heavy atom. The van der Waals surface area contributed by atoms with Crippen LogP contribution in [0.2, 0.25) is 0 Å². The highest BCUT2D eigenvalue weighted by atomic mass is 32.1. The maximum Gasteiger partial charge on any atom is 0.255 e. The highest BCUT2D eigenvalue weighted by molar-refractivity contribution is 7.08. The number of hydrogen-bond acceptors (Lipinski definition) is 4. The van der Waals surface area contributed by atoms with E-state index in [2.05, 4.69) is 0 Å². The van der Waals surface area contributed by atoms with Gasteiger partial charge in [0.15, 0.2) is 0 Å². The second-order valence-electron chi connectivity index (χ2n) is 6.72. The number of ether oxygens (including phenoxy) is 2. The van der Waals surface area contributed by atoms with Gasteiger partial charge in [-0.05, 0) is 49.5 Å². The zero-order valence-electron chi connectivity index (χ0n) is 12.8. The molecule has 3 heterocycles. The van der Waals surface area contributed by atoms with Gasteiger partial charge in [0.05, 0.1) is 30.4 Å². The molecule has 0 spiro atoms. The van der Waals surface area contributed by atoms with Gasteiger partial charge in [-0.15, -0.1) is 0 Å².